The molecule has 116 valence electrons. The summed E-state index contributed by atoms with van der Waals surface area (Å²) < 4.78 is 38.9. The van der Waals surface area contributed by atoms with Crippen LogP contribution in [0, 0.1) is 23.2 Å². The Labute approximate surface area is 125 Å². The quantitative estimate of drug-likeness (QED) is 0.789. The second-order valence-electron chi connectivity index (χ2n) is 5.35. The van der Waals surface area contributed by atoms with Crippen molar-refractivity contribution in [1.29, 1.82) is 5.26 Å². The molecular weight excluding hydrogens is 297 g/mol. The van der Waals surface area contributed by atoms with Gasteiger partial charge in [0.1, 0.15) is 11.7 Å². The van der Waals surface area contributed by atoms with E-state index in [0.717, 1.165) is 12.1 Å². The first-order chi connectivity index (χ1) is 10.2. The van der Waals surface area contributed by atoms with Crippen LogP contribution in [0.15, 0.2) is 18.2 Å². The molecule has 22 heavy (non-hydrogen) atoms. The second-order valence-corrected chi connectivity index (χ2v) is 5.35. The van der Waals surface area contributed by atoms with Gasteiger partial charge in [0.25, 0.3) is 0 Å². The minimum absolute atomic E-state index is 0.0481. The number of anilines is 1. The van der Waals surface area contributed by atoms with Crippen LogP contribution in [0.5, 0.6) is 0 Å². The highest BCUT2D eigenvalue weighted by Crippen LogP contribution is 2.36. The lowest BCUT2D eigenvalue weighted by Gasteiger charge is -2.19. The molecule has 1 amide bonds. The fourth-order valence-corrected chi connectivity index (χ4v) is 2.73. The first-order valence-electron chi connectivity index (χ1n) is 6.60. The van der Waals surface area contributed by atoms with Crippen LogP contribution in [0.3, 0.4) is 0 Å². The molecule has 0 N–H and O–H groups in total. The van der Waals surface area contributed by atoms with Crippen molar-refractivity contribution in [3.8, 4) is 6.07 Å². The number of amides is 1. The summed E-state index contributed by atoms with van der Waals surface area (Å²) in [6.45, 7) is 3.17. The number of nitrogens with zero attached hydrogens (tertiary/aromatic N) is 2. The number of hydrogen-bond acceptors (Lipinski definition) is 3. The summed E-state index contributed by atoms with van der Waals surface area (Å²) in [6.07, 6.45) is -4.69. The van der Waals surface area contributed by atoms with Gasteiger partial charge in [-0.05, 0) is 31.0 Å². The van der Waals surface area contributed by atoms with E-state index in [1.165, 1.54) is 24.0 Å². The van der Waals surface area contributed by atoms with Crippen molar-refractivity contribution in [2.24, 2.45) is 11.8 Å². The van der Waals surface area contributed by atoms with Crippen LogP contribution in [-0.2, 0) is 15.8 Å². The highest BCUT2D eigenvalue weighted by molar-refractivity contribution is 6.10. The Hall–Kier alpha value is -2.36. The van der Waals surface area contributed by atoms with E-state index in [-0.39, 0.29) is 23.9 Å². The van der Waals surface area contributed by atoms with Gasteiger partial charge < -0.3 is 4.90 Å². The van der Waals surface area contributed by atoms with E-state index in [4.69, 9.17) is 5.26 Å². The van der Waals surface area contributed by atoms with Crippen LogP contribution in [0.2, 0.25) is 0 Å². The maximum absolute atomic E-state index is 13.0. The number of halogens is 3. The third-order valence-electron chi connectivity index (χ3n) is 3.75. The Morgan fingerprint density at radius 1 is 1.41 bits per heavy atom. The van der Waals surface area contributed by atoms with Gasteiger partial charge in [-0.25, -0.2) is 0 Å². The fraction of sp³-hybridized carbons (Fsp3) is 0.400. The number of carbonyl (C=O) groups excluding carboxylic acids is 2. The predicted molar refractivity (Wildman–Crippen MR) is 71.8 cm³/mol. The number of hydrogen-bond donors (Lipinski definition) is 0. The molecule has 0 bridgehead atoms. The summed E-state index contributed by atoms with van der Waals surface area (Å²) in [7, 11) is 0. The van der Waals surface area contributed by atoms with Gasteiger partial charge in [-0.1, -0.05) is 6.92 Å². The summed E-state index contributed by atoms with van der Waals surface area (Å²) in [5.41, 5.74) is -1.54. The van der Waals surface area contributed by atoms with Crippen LogP contribution >= 0.6 is 0 Å². The SMILES string of the molecule is CC(=O)[C@@H]1C(=O)N(c2ccc(C#N)c(C(F)(F)F)c2)C[C@H]1C. The van der Waals surface area contributed by atoms with Gasteiger partial charge in [-0.15, -0.1) is 0 Å². The van der Waals surface area contributed by atoms with Gasteiger partial charge in [-0.2, -0.15) is 18.4 Å². The van der Waals surface area contributed by atoms with Crippen molar-refractivity contribution in [3.63, 3.8) is 0 Å². The van der Waals surface area contributed by atoms with E-state index < -0.39 is 29.1 Å². The number of Topliss-reactive ketones (excluding diaryl/α,β-unsaturated/α-hetero) is 1. The summed E-state index contributed by atoms with van der Waals surface area (Å²) in [5.74, 6) is -1.90. The monoisotopic (exact) mass is 310 g/mol. The van der Waals surface area contributed by atoms with Crippen molar-refractivity contribution >= 4 is 17.4 Å². The molecule has 1 aliphatic heterocycles. The Morgan fingerprint density at radius 2 is 2.05 bits per heavy atom. The number of rotatable bonds is 2. The molecule has 1 heterocycles. The molecule has 1 aliphatic rings. The van der Waals surface area contributed by atoms with Crippen LogP contribution in [0.25, 0.3) is 0 Å². The Morgan fingerprint density at radius 3 is 2.50 bits per heavy atom. The van der Waals surface area contributed by atoms with E-state index >= 15 is 0 Å². The molecule has 1 fully saturated rings. The molecule has 2 rings (SSSR count). The largest absolute Gasteiger partial charge is 0.417 e. The number of nitriles is 1. The summed E-state index contributed by atoms with van der Waals surface area (Å²) in [5, 5.41) is 8.77. The maximum atomic E-state index is 13.0. The van der Waals surface area contributed by atoms with Crippen LogP contribution < -0.4 is 4.90 Å². The molecule has 0 saturated carbocycles. The Kier molecular flexibility index (Phi) is 3.96. The third kappa shape index (κ3) is 2.69. The lowest BCUT2D eigenvalue weighted by atomic mass is 9.94. The van der Waals surface area contributed by atoms with Gasteiger partial charge >= 0.3 is 6.18 Å². The molecule has 0 spiro atoms. The van der Waals surface area contributed by atoms with Crippen LogP contribution in [0.4, 0.5) is 18.9 Å². The molecule has 0 unspecified atom stereocenters. The van der Waals surface area contributed by atoms with Crippen molar-refractivity contribution in [2.75, 3.05) is 11.4 Å². The Bertz CT molecular complexity index is 676. The van der Waals surface area contributed by atoms with Gasteiger partial charge in [-0.3, -0.25) is 9.59 Å². The Balaban J connectivity index is 2.45. The number of ketones is 1. The zero-order chi connectivity index (χ0) is 16.7. The first-order valence-corrected chi connectivity index (χ1v) is 6.60. The van der Waals surface area contributed by atoms with Crippen molar-refractivity contribution in [2.45, 2.75) is 20.0 Å². The molecule has 4 nitrogen and oxygen atoms in total. The normalized spacial score (nSPS) is 21.8. The zero-order valence-corrected chi connectivity index (χ0v) is 11.9. The van der Waals surface area contributed by atoms with E-state index in [1.54, 1.807) is 6.92 Å². The smallest absolute Gasteiger partial charge is 0.311 e. The minimum atomic E-state index is -4.69. The van der Waals surface area contributed by atoms with Crippen molar-refractivity contribution in [3.05, 3.63) is 29.3 Å². The molecule has 2 atom stereocenters. The first kappa shape index (κ1) is 16.0. The van der Waals surface area contributed by atoms with Gasteiger partial charge in [0.2, 0.25) is 5.91 Å². The highest BCUT2D eigenvalue weighted by atomic mass is 19.4. The molecule has 0 aliphatic carbocycles. The molecular formula is C15H13F3N2O2. The molecule has 1 aromatic rings. The van der Waals surface area contributed by atoms with Crippen molar-refractivity contribution in [1.82, 2.24) is 0 Å². The highest BCUT2D eigenvalue weighted by Gasteiger charge is 2.42. The topological polar surface area (TPSA) is 61.2 Å². The third-order valence-corrected chi connectivity index (χ3v) is 3.75. The van der Waals surface area contributed by atoms with Gasteiger partial charge in [0.15, 0.2) is 0 Å². The molecule has 1 saturated heterocycles. The molecule has 0 aromatic heterocycles. The molecule has 0 radical (unpaired) electrons. The van der Waals surface area contributed by atoms with E-state index in [2.05, 4.69) is 0 Å². The van der Waals surface area contributed by atoms with E-state index in [9.17, 15) is 22.8 Å². The number of alkyl halides is 3. The van der Waals surface area contributed by atoms with Gasteiger partial charge in [0.05, 0.1) is 17.2 Å². The average Bonchev–Trinajstić information content (AvgIpc) is 2.72. The summed E-state index contributed by atoms with van der Waals surface area (Å²) in [4.78, 5) is 24.9. The zero-order valence-electron chi connectivity index (χ0n) is 11.9. The molecule has 7 heteroatoms. The average molecular weight is 310 g/mol. The van der Waals surface area contributed by atoms with E-state index in [0.29, 0.717) is 0 Å². The minimum Gasteiger partial charge on any atom is -0.311 e. The fourth-order valence-electron chi connectivity index (χ4n) is 2.73. The summed E-state index contributed by atoms with van der Waals surface area (Å²) >= 11 is 0. The van der Waals surface area contributed by atoms with Crippen LogP contribution in [0.1, 0.15) is 25.0 Å². The maximum Gasteiger partial charge on any atom is 0.417 e. The van der Waals surface area contributed by atoms with E-state index in [1.807, 2.05) is 0 Å². The second kappa shape index (κ2) is 5.44. The van der Waals surface area contributed by atoms with Gasteiger partial charge in [0, 0.05) is 12.2 Å². The summed E-state index contributed by atoms with van der Waals surface area (Å²) in [6, 6.07) is 4.60. The number of carbonyl (C=O) groups is 2. The van der Waals surface area contributed by atoms with Crippen LogP contribution in [-0.4, -0.2) is 18.2 Å². The number of benzene rings is 1. The molecule has 1 aromatic carbocycles. The predicted octanol–water partition coefficient (Wildman–Crippen LogP) is 2.76. The standard InChI is InChI=1S/C15H13F3N2O2/c1-8-7-20(14(22)13(8)9(2)21)11-4-3-10(6-19)12(5-11)15(16,17)18/h3-5,8,13H,7H2,1-2H3/t8-,13-/m1/s1. The lowest BCUT2D eigenvalue weighted by Crippen LogP contribution is -2.30. The van der Waals surface area contributed by atoms with Crippen molar-refractivity contribution < 1.29 is 22.8 Å². The lowest BCUT2D eigenvalue weighted by molar-refractivity contribution is -0.138.